The van der Waals surface area contributed by atoms with Crippen LogP contribution in [0.25, 0.3) is 0 Å². The quantitative estimate of drug-likeness (QED) is 0.780. The molecule has 3 nitrogen and oxygen atoms in total. The van der Waals surface area contributed by atoms with E-state index in [2.05, 4.69) is 17.1 Å². The first-order valence-electron chi connectivity index (χ1n) is 7.80. The zero-order chi connectivity index (χ0) is 12.8. The number of rotatable bonds is 4. The third-order valence-corrected chi connectivity index (χ3v) is 4.62. The minimum absolute atomic E-state index is 0.166. The fourth-order valence-corrected chi connectivity index (χ4v) is 3.55. The van der Waals surface area contributed by atoms with Crippen molar-refractivity contribution in [1.29, 1.82) is 0 Å². The van der Waals surface area contributed by atoms with E-state index in [1.807, 2.05) is 0 Å². The van der Waals surface area contributed by atoms with E-state index in [9.17, 15) is 4.79 Å². The van der Waals surface area contributed by atoms with Crippen molar-refractivity contribution in [1.82, 2.24) is 10.2 Å². The van der Waals surface area contributed by atoms with E-state index >= 15 is 0 Å². The van der Waals surface area contributed by atoms with Crippen LogP contribution < -0.4 is 5.32 Å². The number of piperazine rings is 1. The Morgan fingerprint density at radius 1 is 1.22 bits per heavy atom. The Balaban J connectivity index is 1.96. The van der Waals surface area contributed by atoms with Crippen LogP contribution >= 0.6 is 0 Å². The smallest absolute Gasteiger partial charge is 0.223 e. The number of hydrogen-bond donors (Lipinski definition) is 1. The van der Waals surface area contributed by atoms with E-state index in [1.165, 1.54) is 44.9 Å². The van der Waals surface area contributed by atoms with Crippen LogP contribution in [-0.2, 0) is 4.79 Å². The monoisotopic (exact) mass is 252 g/mol. The molecule has 18 heavy (non-hydrogen) atoms. The van der Waals surface area contributed by atoms with Gasteiger partial charge < -0.3 is 10.2 Å². The molecule has 0 radical (unpaired) electrons. The Kier molecular flexibility index (Phi) is 5.04. The second kappa shape index (κ2) is 6.55. The highest BCUT2D eigenvalue weighted by atomic mass is 16.2. The maximum absolute atomic E-state index is 12.4. The van der Waals surface area contributed by atoms with Gasteiger partial charge in [0.05, 0.1) is 5.54 Å². The van der Waals surface area contributed by atoms with Gasteiger partial charge in [-0.1, -0.05) is 39.0 Å². The van der Waals surface area contributed by atoms with Crippen LogP contribution in [0.4, 0.5) is 0 Å². The van der Waals surface area contributed by atoms with Crippen molar-refractivity contribution in [3.8, 4) is 0 Å². The van der Waals surface area contributed by atoms with Gasteiger partial charge in [-0.2, -0.15) is 0 Å². The lowest BCUT2D eigenvalue weighted by atomic mass is 9.79. The third-order valence-electron chi connectivity index (χ3n) is 4.62. The summed E-state index contributed by atoms with van der Waals surface area (Å²) in [5.41, 5.74) is 0.166. The Labute approximate surface area is 111 Å². The average Bonchev–Trinajstić information content (AvgIpc) is 2.40. The summed E-state index contributed by atoms with van der Waals surface area (Å²) in [7, 11) is 0. The van der Waals surface area contributed by atoms with E-state index in [1.54, 1.807) is 0 Å². The van der Waals surface area contributed by atoms with Gasteiger partial charge in [0.25, 0.3) is 0 Å². The van der Waals surface area contributed by atoms with E-state index < -0.39 is 0 Å². The molecule has 1 aliphatic heterocycles. The highest BCUT2D eigenvalue weighted by molar-refractivity contribution is 5.77. The van der Waals surface area contributed by atoms with Crippen molar-refractivity contribution >= 4 is 5.91 Å². The van der Waals surface area contributed by atoms with Gasteiger partial charge in [-0.05, 0) is 19.3 Å². The Hall–Kier alpha value is -0.570. The summed E-state index contributed by atoms with van der Waals surface area (Å²) in [5, 5.41) is 3.50. The number of carbonyl (C=O) groups excluding carboxylic acids is 1. The first-order valence-corrected chi connectivity index (χ1v) is 7.80. The van der Waals surface area contributed by atoms with Gasteiger partial charge in [0.15, 0.2) is 0 Å². The molecule has 0 unspecified atom stereocenters. The molecule has 1 amide bonds. The maximum Gasteiger partial charge on any atom is 0.223 e. The van der Waals surface area contributed by atoms with Crippen LogP contribution in [0.3, 0.4) is 0 Å². The Bertz CT molecular complexity index is 263. The molecule has 0 aromatic carbocycles. The standard InChI is InChI=1S/C15H28N2O/c1-2-3-5-8-14(18)17-12-11-16-13-15(17)9-6-4-7-10-15/h16H,2-13H2,1H3. The molecule has 1 saturated carbocycles. The van der Waals surface area contributed by atoms with Gasteiger partial charge in [-0.25, -0.2) is 0 Å². The molecular formula is C15H28N2O. The van der Waals surface area contributed by atoms with Crippen molar-refractivity contribution in [3.63, 3.8) is 0 Å². The number of amides is 1. The molecule has 1 saturated heterocycles. The topological polar surface area (TPSA) is 32.3 Å². The molecule has 0 atom stereocenters. The molecule has 104 valence electrons. The molecule has 1 N–H and O–H groups in total. The SMILES string of the molecule is CCCCCC(=O)N1CCNCC12CCCCC2. The molecule has 2 fully saturated rings. The third kappa shape index (κ3) is 3.05. The summed E-state index contributed by atoms with van der Waals surface area (Å²) in [5.74, 6) is 0.409. The summed E-state index contributed by atoms with van der Waals surface area (Å²) in [6, 6.07) is 0. The van der Waals surface area contributed by atoms with Crippen LogP contribution in [-0.4, -0.2) is 36.0 Å². The average molecular weight is 252 g/mol. The van der Waals surface area contributed by atoms with Gasteiger partial charge in [0, 0.05) is 26.1 Å². The highest BCUT2D eigenvalue weighted by Crippen LogP contribution is 2.35. The van der Waals surface area contributed by atoms with E-state index in [-0.39, 0.29) is 5.54 Å². The number of carbonyl (C=O) groups is 1. The Morgan fingerprint density at radius 2 is 2.00 bits per heavy atom. The lowest BCUT2D eigenvalue weighted by Gasteiger charge is -2.50. The molecule has 0 aromatic heterocycles. The van der Waals surface area contributed by atoms with Gasteiger partial charge in [-0.15, -0.1) is 0 Å². The van der Waals surface area contributed by atoms with E-state index in [0.717, 1.165) is 32.5 Å². The minimum atomic E-state index is 0.166. The maximum atomic E-state index is 12.4. The molecule has 0 bridgehead atoms. The summed E-state index contributed by atoms with van der Waals surface area (Å²) >= 11 is 0. The second-order valence-corrected chi connectivity index (χ2v) is 5.96. The van der Waals surface area contributed by atoms with Crippen LogP contribution in [0, 0.1) is 0 Å². The lowest BCUT2D eigenvalue weighted by molar-refractivity contribution is -0.141. The Morgan fingerprint density at radius 3 is 2.72 bits per heavy atom. The largest absolute Gasteiger partial charge is 0.334 e. The molecule has 1 aliphatic carbocycles. The predicted octanol–water partition coefficient (Wildman–Crippen LogP) is 2.70. The van der Waals surface area contributed by atoms with E-state index in [4.69, 9.17) is 0 Å². The predicted molar refractivity (Wildman–Crippen MR) is 74.5 cm³/mol. The highest BCUT2D eigenvalue weighted by Gasteiger charge is 2.41. The molecule has 1 heterocycles. The molecule has 1 spiro atoms. The van der Waals surface area contributed by atoms with Gasteiger partial charge in [0.1, 0.15) is 0 Å². The summed E-state index contributed by atoms with van der Waals surface area (Å²) in [6.07, 6.45) is 10.6. The zero-order valence-electron chi connectivity index (χ0n) is 11.8. The van der Waals surface area contributed by atoms with Crippen LogP contribution in [0.5, 0.6) is 0 Å². The molecule has 2 aliphatic rings. The van der Waals surface area contributed by atoms with Crippen molar-refractivity contribution in [2.45, 2.75) is 70.3 Å². The van der Waals surface area contributed by atoms with Crippen molar-refractivity contribution < 1.29 is 4.79 Å². The van der Waals surface area contributed by atoms with E-state index in [0.29, 0.717) is 5.91 Å². The molecular weight excluding hydrogens is 224 g/mol. The van der Waals surface area contributed by atoms with Crippen molar-refractivity contribution in [2.24, 2.45) is 0 Å². The fourth-order valence-electron chi connectivity index (χ4n) is 3.55. The molecule has 0 aromatic rings. The number of unbranched alkanes of at least 4 members (excludes halogenated alkanes) is 2. The first kappa shape index (κ1) is 13.9. The zero-order valence-corrected chi connectivity index (χ0v) is 11.8. The minimum Gasteiger partial charge on any atom is -0.334 e. The number of hydrogen-bond acceptors (Lipinski definition) is 2. The summed E-state index contributed by atoms with van der Waals surface area (Å²) < 4.78 is 0. The van der Waals surface area contributed by atoms with Crippen molar-refractivity contribution in [2.75, 3.05) is 19.6 Å². The van der Waals surface area contributed by atoms with Crippen LogP contribution in [0.2, 0.25) is 0 Å². The lowest BCUT2D eigenvalue weighted by Crippen LogP contribution is -2.63. The second-order valence-electron chi connectivity index (χ2n) is 5.96. The number of nitrogens with zero attached hydrogens (tertiary/aromatic N) is 1. The fraction of sp³-hybridized carbons (Fsp3) is 0.933. The molecule has 2 rings (SSSR count). The van der Waals surface area contributed by atoms with Gasteiger partial charge in [0.2, 0.25) is 5.91 Å². The van der Waals surface area contributed by atoms with Crippen LogP contribution in [0.15, 0.2) is 0 Å². The van der Waals surface area contributed by atoms with Gasteiger partial charge in [-0.3, -0.25) is 4.79 Å². The van der Waals surface area contributed by atoms with Crippen molar-refractivity contribution in [3.05, 3.63) is 0 Å². The van der Waals surface area contributed by atoms with Crippen LogP contribution in [0.1, 0.15) is 64.7 Å². The van der Waals surface area contributed by atoms with Gasteiger partial charge >= 0.3 is 0 Å². The summed E-state index contributed by atoms with van der Waals surface area (Å²) in [6.45, 7) is 5.11. The number of nitrogens with one attached hydrogen (secondary N) is 1. The normalized spacial score (nSPS) is 23.3. The summed E-state index contributed by atoms with van der Waals surface area (Å²) in [4.78, 5) is 14.7. The first-order chi connectivity index (χ1) is 8.78. The molecule has 3 heteroatoms.